The zero-order valence-corrected chi connectivity index (χ0v) is 17.3. The van der Waals surface area contributed by atoms with Crippen molar-refractivity contribution >= 4 is 40.3 Å². The molecule has 0 aliphatic carbocycles. The summed E-state index contributed by atoms with van der Waals surface area (Å²) in [5.41, 5.74) is 5.70. The zero-order chi connectivity index (χ0) is 23.6. The number of hydrogen-bond acceptors (Lipinski definition) is 7. The van der Waals surface area contributed by atoms with Crippen molar-refractivity contribution < 1.29 is 36.9 Å². The van der Waals surface area contributed by atoms with Crippen LogP contribution in [-0.4, -0.2) is 79.5 Å². The summed E-state index contributed by atoms with van der Waals surface area (Å²) in [4.78, 5) is 59.3. The number of amides is 6. The highest BCUT2D eigenvalue weighted by atomic mass is 32.2. The molecule has 0 spiro atoms. The minimum absolute atomic E-state index is 0.0811. The molecule has 14 heteroatoms. The van der Waals surface area contributed by atoms with Crippen molar-refractivity contribution in [1.82, 2.24) is 20.9 Å². The lowest BCUT2D eigenvalue weighted by molar-refractivity contribution is -0.134. The van der Waals surface area contributed by atoms with Crippen LogP contribution < -0.4 is 21.7 Å². The Bertz CT molecular complexity index is 922. The molecule has 2 atom stereocenters. The second-order valence-corrected chi connectivity index (χ2v) is 7.85. The number of urea groups is 1. The lowest BCUT2D eigenvalue weighted by Crippen LogP contribution is -2.58. The first-order chi connectivity index (χ1) is 14.4. The van der Waals surface area contributed by atoms with Gasteiger partial charge in [-0.05, 0) is 5.56 Å². The van der Waals surface area contributed by atoms with Gasteiger partial charge < -0.3 is 21.7 Å². The van der Waals surface area contributed by atoms with Crippen LogP contribution in [0.3, 0.4) is 0 Å². The van der Waals surface area contributed by atoms with Gasteiger partial charge in [0.15, 0.2) is 0 Å². The number of likely N-dealkylation sites (N-methyl/N-ethyl adjacent to an activating group) is 1. The maximum Gasteiger partial charge on any atom is 0.321 e. The van der Waals surface area contributed by atoms with Crippen molar-refractivity contribution in [2.24, 2.45) is 5.73 Å². The first-order valence-corrected chi connectivity index (χ1v) is 10.4. The van der Waals surface area contributed by atoms with Gasteiger partial charge in [-0.25, -0.2) is 4.79 Å². The van der Waals surface area contributed by atoms with Crippen molar-refractivity contribution in [3.05, 3.63) is 35.9 Å². The molecule has 0 saturated carbocycles. The Morgan fingerprint density at radius 1 is 1.13 bits per heavy atom. The van der Waals surface area contributed by atoms with Crippen LogP contribution in [0.25, 0.3) is 0 Å². The monoisotopic (exact) mass is 457 g/mol. The Morgan fingerprint density at radius 2 is 1.74 bits per heavy atom. The van der Waals surface area contributed by atoms with Crippen LogP contribution in [0, 0.1) is 0 Å². The summed E-state index contributed by atoms with van der Waals surface area (Å²) in [7, 11) is -3.62. The number of carbonyl (C=O) groups excluding carboxylic acids is 5. The van der Waals surface area contributed by atoms with Gasteiger partial charge in [0.2, 0.25) is 18.2 Å². The topological polar surface area (TPSA) is 205 Å². The molecule has 0 aromatic heterocycles. The first kappa shape index (κ1) is 25.5. The smallest absolute Gasteiger partial charge is 0.321 e. The predicted octanol–water partition coefficient (Wildman–Crippen LogP) is -2.63. The van der Waals surface area contributed by atoms with Crippen LogP contribution in [0.1, 0.15) is 5.56 Å². The SMILES string of the molecule is CN(C(N)=O)C(=O)C(Cc1ccccc1)NC(=O)C(CS(=O)(=O)O)NC(=O)CNC=O. The summed E-state index contributed by atoms with van der Waals surface area (Å²) in [6.07, 6.45) is 0.133. The van der Waals surface area contributed by atoms with Gasteiger partial charge in [0.25, 0.3) is 16.0 Å². The van der Waals surface area contributed by atoms with E-state index in [0.29, 0.717) is 10.5 Å². The van der Waals surface area contributed by atoms with Crippen LogP contribution in [0.2, 0.25) is 0 Å². The summed E-state index contributed by atoms with van der Waals surface area (Å²) in [5.74, 6) is -4.12. The van der Waals surface area contributed by atoms with Gasteiger partial charge in [-0.15, -0.1) is 0 Å². The van der Waals surface area contributed by atoms with Crippen LogP contribution in [0.5, 0.6) is 0 Å². The highest BCUT2D eigenvalue weighted by Gasteiger charge is 2.32. The van der Waals surface area contributed by atoms with Gasteiger partial charge in [0.1, 0.15) is 17.8 Å². The second-order valence-electron chi connectivity index (χ2n) is 6.35. The van der Waals surface area contributed by atoms with E-state index in [1.54, 1.807) is 30.3 Å². The number of carbonyl (C=O) groups is 5. The fourth-order valence-electron chi connectivity index (χ4n) is 2.44. The summed E-state index contributed by atoms with van der Waals surface area (Å²) >= 11 is 0. The van der Waals surface area contributed by atoms with Crippen LogP contribution in [0.15, 0.2) is 30.3 Å². The number of primary amides is 1. The van der Waals surface area contributed by atoms with E-state index in [-0.39, 0.29) is 12.8 Å². The third kappa shape index (κ3) is 9.22. The van der Waals surface area contributed by atoms with E-state index in [1.165, 1.54) is 0 Å². The molecule has 2 unspecified atom stereocenters. The van der Waals surface area contributed by atoms with E-state index >= 15 is 0 Å². The van der Waals surface area contributed by atoms with Crippen molar-refractivity contribution in [2.45, 2.75) is 18.5 Å². The molecule has 31 heavy (non-hydrogen) atoms. The number of nitrogens with one attached hydrogen (secondary N) is 3. The number of rotatable bonds is 11. The van der Waals surface area contributed by atoms with E-state index < -0.39 is 58.3 Å². The van der Waals surface area contributed by atoms with Crippen molar-refractivity contribution in [3.8, 4) is 0 Å². The van der Waals surface area contributed by atoms with E-state index in [2.05, 4.69) is 5.32 Å². The maximum absolute atomic E-state index is 12.6. The van der Waals surface area contributed by atoms with Gasteiger partial charge in [0.05, 0.1) is 6.54 Å². The molecule has 0 fully saturated rings. The molecule has 13 nitrogen and oxygen atoms in total. The van der Waals surface area contributed by atoms with Crippen LogP contribution in [0.4, 0.5) is 4.79 Å². The summed E-state index contributed by atoms with van der Waals surface area (Å²) in [6, 6.07) is 4.16. The Kier molecular flexibility index (Phi) is 9.56. The standard InChI is InChI=1S/C17H23N5O8S/c1-22(17(18)27)16(26)12(7-11-5-3-2-4-6-11)21-15(25)13(9-31(28,29)30)20-14(24)8-19-10-23/h2-6,10,12-13H,7-9H2,1H3,(H2,18,27)(H,19,23)(H,20,24)(H,21,25)(H,28,29,30). The fourth-order valence-corrected chi connectivity index (χ4v) is 3.09. The Hall–Kier alpha value is -3.52. The summed E-state index contributed by atoms with van der Waals surface area (Å²) in [6.45, 7) is -0.560. The fraction of sp³-hybridized carbons (Fsp3) is 0.353. The largest absolute Gasteiger partial charge is 0.351 e. The van der Waals surface area contributed by atoms with Crippen molar-refractivity contribution in [1.29, 1.82) is 0 Å². The molecular formula is C17H23N5O8S. The average molecular weight is 457 g/mol. The highest BCUT2D eigenvalue weighted by Crippen LogP contribution is 2.07. The van der Waals surface area contributed by atoms with E-state index in [1.807, 2.05) is 10.6 Å². The number of nitrogens with zero attached hydrogens (tertiary/aromatic N) is 1. The molecule has 0 saturated heterocycles. The molecule has 170 valence electrons. The van der Waals surface area contributed by atoms with Gasteiger partial charge in [-0.2, -0.15) is 8.42 Å². The molecule has 0 bridgehead atoms. The molecule has 6 amide bonds. The zero-order valence-electron chi connectivity index (χ0n) is 16.5. The normalized spacial score (nSPS) is 12.7. The predicted molar refractivity (Wildman–Crippen MR) is 107 cm³/mol. The molecule has 1 aromatic carbocycles. The molecular weight excluding hydrogens is 434 g/mol. The van der Waals surface area contributed by atoms with Gasteiger partial charge in [-0.1, -0.05) is 30.3 Å². The number of imide groups is 1. The summed E-state index contributed by atoms with van der Waals surface area (Å²) < 4.78 is 31.6. The van der Waals surface area contributed by atoms with Gasteiger partial charge in [0, 0.05) is 13.5 Å². The van der Waals surface area contributed by atoms with E-state index in [4.69, 9.17) is 10.3 Å². The van der Waals surface area contributed by atoms with Crippen LogP contribution in [-0.2, 0) is 35.7 Å². The number of nitrogens with two attached hydrogens (primary N) is 1. The average Bonchev–Trinajstić information content (AvgIpc) is 2.69. The molecule has 0 aliphatic rings. The Morgan fingerprint density at radius 3 is 2.26 bits per heavy atom. The number of benzene rings is 1. The lowest BCUT2D eigenvalue weighted by atomic mass is 10.0. The van der Waals surface area contributed by atoms with Gasteiger partial charge in [-0.3, -0.25) is 28.6 Å². The Balaban J connectivity index is 3.11. The molecule has 1 rings (SSSR count). The summed E-state index contributed by atoms with van der Waals surface area (Å²) in [5, 5.41) is 6.33. The van der Waals surface area contributed by atoms with E-state index in [0.717, 1.165) is 7.05 Å². The minimum Gasteiger partial charge on any atom is -0.351 e. The van der Waals surface area contributed by atoms with Crippen LogP contribution >= 0.6 is 0 Å². The third-order valence-electron chi connectivity index (χ3n) is 3.93. The number of hydrogen-bond donors (Lipinski definition) is 5. The quantitative estimate of drug-likeness (QED) is 0.175. The third-order valence-corrected chi connectivity index (χ3v) is 4.69. The van der Waals surface area contributed by atoms with Crippen molar-refractivity contribution in [3.63, 3.8) is 0 Å². The van der Waals surface area contributed by atoms with Gasteiger partial charge >= 0.3 is 6.03 Å². The molecule has 0 aliphatic heterocycles. The van der Waals surface area contributed by atoms with E-state index in [9.17, 15) is 32.4 Å². The minimum atomic E-state index is -4.71. The molecule has 1 aromatic rings. The molecule has 0 radical (unpaired) electrons. The second kappa shape index (κ2) is 11.6. The first-order valence-electron chi connectivity index (χ1n) is 8.77. The lowest BCUT2D eigenvalue weighted by Gasteiger charge is -2.25. The molecule has 0 heterocycles. The van der Waals surface area contributed by atoms with Crippen molar-refractivity contribution in [2.75, 3.05) is 19.3 Å². The highest BCUT2D eigenvalue weighted by molar-refractivity contribution is 7.85. The maximum atomic E-state index is 12.6. The Labute approximate surface area is 178 Å². The molecule has 6 N–H and O–H groups in total.